The predicted molar refractivity (Wildman–Crippen MR) is 57.1 cm³/mol. The molecule has 0 fully saturated rings. The van der Waals surface area contributed by atoms with Gasteiger partial charge in [0.1, 0.15) is 0 Å². The van der Waals surface area contributed by atoms with Gasteiger partial charge in [-0.15, -0.1) is 0 Å². The van der Waals surface area contributed by atoms with Gasteiger partial charge in [0.25, 0.3) is 5.56 Å². The van der Waals surface area contributed by atoms with Gasteiger partial charge in [-0.2, -0.15) is 5.10 Å². The number of aliphatic hydroxyl groups is 1. The van der Waals surface area contributed by atoms with E-state index in [0.29, 0.717) is 12.2 Å². The molecule has 1 aromatic heterocycles. The molecule has 0 aromatic carbocycles. The summed E-state index contributed by atoms with van der Waals surface area (Å²) in [6.07, 6.45) is 0.596. The Kier molecular flexibility index (Phi) is 4.10. The smallest absolute Gasteiger partial charge is 0.346 e. The fourth-order valence-electron chi connectivity index (χ4n) is 0.993. The van der Waals surface area contributed by atoms with Crippen LogP contribution in [0.5, 0.6) is 0 Å². The van der Waals surface area contributed by atoms with Crippen molar-refractivity contribution < 1.29 is 5.11 Å². The van der Waals surface area contributed by atoms with Gasteiger partial charge in [-0.25, -0.2) is 9.48 Å². The Morgan fingerprint density at radius 2 is 2.07 bits per heavy atom. The fraction of sp³-hybridized carbons (Fsp3) is 0.625. The first kappa shape index (κ1) is 12.0. The van der Waals surface area contributed by atoms with Crippen molar-refractivity contribution in [2.75, 3.05) is 12.4 Å². The van der Waals surface area contributed by atoms with Crippen molar-refractivity contribution >= 4 is 11.8 Å². The van der Waals surface area contributed by atoms with Crippen LogP contribution >= 0.6 is 11.8 Å². The Bertz CT molecular complexity index is 451. The second-order valence-electron chi connectivity index (χ2n) is 3.00. The molecule has 1 aromatic rings. The summed E-state index contributed by atoms with van der Waals surface area (Å²) < 4.78 is 2.15. The van der Waals surface area contributed by atoms with Crippen molar-refractivity contribution in [3.05, 3.63) is 20.8 Å². The SMILES string of the molecule is Cn1nc(SCCCO)c(=O)n(C)c1=O. The summed E-state index contributed by atoms with van der Waals surface area (Å²) in [5.74, 6) is 0.608. The number of rotatable bonds is 4. The molecular weight excluding hydrogens is 218 g/mol. The third-order valence-electron chi connectivity index (χ3n) is 1.83. The lowest BCUT2D eigenvalue weighted by atomic mass is 10.5. The van der Waals surface area contributed by atoms with Crippen LogP contribution in [0, 0.1) is 0 Å². The van der Waals surface area contributed by atoms with Crippen molar-refractivity contribution in [1.82, 2.24) is 14.3 Å². The van der Waals surface area contributed by atoms with E-state index >= 15 is 0 Å². The lowest BCUT2D eigenvalue weighted by Crippen LogP contribution is -2.39. The van der Waals surface area contributed by atoms with E-state index in [2.05, 4.69) is 5.10 Å². The third kappa shape index (κ3) is 2.69. The van der Waals surface area contributed by atoms with Gasteiger partial charge in [0.15, 0.2) is 5.03 Å². The van der Waals surface area contributed by atoms with Gasteiger partial charge in [-0.3, -0.25) is 9.36 Å². The Morgan fingerprint density at radius 3 is 2.67 bits per heavy atom. The molecule has 0 saturated carbocycles. The molecule has 1 heterocycles. The van der Waals surface area contributed by atoms with E-state index in [0.717, 1.165) is 9.25 Å². The van der Waals surface area contributed by atoms with Gasteiger partial charge in [0.05, 0.1) is 0 Å². The predicted octanol–water partition coefficient (Wildman–Crippen LogP) is -1.05. The minimum atomic E-state index is -0.438. The van der Waals surface area contributed by atoms with Gasteiger partial charge >= 0.3 is 5.69 Å². The molecule has 0 saturated heterocycles. The van der Waals surface area contributed by atoms with Crippen molar-refractivity contribution in [2.45, 2.75) is 11.4 Å². The molecule has 0 radical (unpaired) electrons. The summed E-state index contributed by atoms with van der Waals surface area (Å²) in [4.78, 5) is 22.8. The van der Waals surface area contributed by atoms with Gasteiger partial charge in [0, 0.05) is 26.5 Å². The van der Waals surface area contributed by atoms with E-state index < -0.39 is 5.69 Å². The fourth-order valence-corrected chi connectivity index (χ4v) is 1.90. The number of nitrogens with zero attached hydrogens (tertiary/aromatic N) is 3. The maximum Gasteiger partial charge on any atom is 0.346 e. The first-order chi connectivity index (χ1) is 7.07. The normalized spacial score (nSPS) is 10.6. The van der Waals surface area contributed by atoms with Crippen molar-refractivity contribution in [3.63, 3.8) is 0 Å². The Labute approximate surface area is 90.5 Å². The topological polar surface area (TPSA) is 77.1 Å². The number of hydrogen-bond donors (Lipinski definition) is 1. The molecule has 7 heteroatoms. The first-order valence-electron chi connectivity index (χ1n) is 4.46. The van der Waals surface area contributed by atoms with Crippen LogP contribution in [0.15, 0.2) is 14.6 Å². The lowest BCUT2D eigenvalue weighted by Gasteiger charge is -2.04. The monoisotopic (exact) mass is 231 g/mol. The lowest BCUT2D eigenvalue weighted by molar-refractivity contribution is 0.296. The summed E-state index contributed by atoms with van der Waals surface area (Å²) in [5.41, 5.74) is -0.826. The molecule has 0 aliphatic rings. The summed E-state index contributed by atoms with van der Waals surface area (Å²) in [7, 11) is 2.92. The molecular formula is C8H13N3O3S. The minimum Gasteiger partial charge on any atom is -0.396 e. The largest absolute Gasteiger partial charge is 0.396 e. The molecule has 0 atom stereocenters. The average molecular weight is 231 g/mol. The van der Waals surface area contributed by atoms with Crippen LogP contribution in [0.1, 0.15) is 6.42 Å². The zero-order valence-corrected chi connectivity index (χ0v) is 9.45. The number of aromatic nitrogens is 3. The van der Waals surface area contributed by atoms with E-state index in [1.54, 1.807) is 0 Å². The summed E-state index contributed by atoms with van der Waals surface area (Å²) in [5, 5.41) is 12.7. The van der Waals surface area contributed by atoms with E-state index in [-0.39, 0.29) is 17.2 Å². The standard InChI is InChI=1S/C8H13N3O3S/c1-10-7(13)6(15-5-3-4-12)9-11(2)8(10)14/h12H,3-5H2,1-2H3. The molecule has 6 nitrogen and oxygen atoms in total. The van der Waals surface area contributed by atoms with Crippen molar-refractivity contribution in [2.24, 2.45) is 14.1 Å². The van der Waals surface area contributed by atoms with Crippen molar-refractivity contribution in [1.29, 1.82) is 0 Å². The molecule has 15 heavy (non-hydrogen) atoms. The molecule has 0 aliphatic heterocycles. The van der Waals surface area contributed by atoms with Crippen LogP contribution in [0.25, 0.3) is 0 Å². The van der Waals surface area contributed by atoms with Gasteiger partial charge in [-0.1, -0.05) is 11.8 Å². The van der Waals surface area contributed by atoms with E-state index in [1.807, 2.05) is 0 Å². The second-order valence-corrected chi connectivity index (χ2v) is 4.08. The highest BCUT2D eigenvalue weighted by Gasteiger charge is 2.08. The minimum absolute atomic E-state index is 0.0824. The van der Waals surface area contributed by atoms with Crippen LogP contribution in [0.3, 0.4) is 0 Å². The van der Waals surface area contributed by atoms with Gasteiger partial charge in [0.2, 0.25) is 0 Å². The van der Waals surface area contributed by atoms with E-state index in [1.165, 1.54) is 25.9 Å². The number of aryl methyl sites for hydroxylation is 1. The molecule has 0 bridgehead atoms. The number of hydrogen-bond acceptors (Lipinski definition) is 5. The highest BCUT2D eigenvalue weighted by atomic mass is 32.2. The first-order valence-corrected chi connectivity index (χ1v) is 5.44. The highest BCUT2D eigenvalue weighted by molar-refractivity contribution is 7.99. The Hall–Kier alpha value is -1.08. The Balaban J connectivity index is 3.00. The van der Waals surface area contributed by atoms with E-state index in [9.17, 15) is 9.59 Å². The number of thioether (sulfide) groups is 1. The molecule has 84 valence electrons. The highest BCUT2D eigenvalue weighted by Crippen LogP contribution is 2.09. The van der Waals surface area contributed by atoms with Crippen LogP contribution < -0.4 is 11.2 Å². The molecule has 0 aliphatic carbocycles. The zero-order chi connectivity index (χ0) is 11.4. The van der Waals surface area contributed by atoms with Crippen LogP contribution in [-0.4, -0.2) is 31.8 Å². The maximum atomic E-state index is 11.5. The van der Waals surface area contributed by atoms with Crippen LogP contribution in [-0.2, 0) is 14.1 Å². The van der Waals surface area contributed by atoms with Crippen molar-refractivity contribution in [3.8, 4) is 0 Å². The number of aliphatic hydroxyl groups excluding tert-OH is 1. The average Bonchev–Trinajstić information content (AvgIpc) is 2.23. The van der Waals surface area contributed by atoms with Crippen LogP contribution in [0.2, 0.25) is 0 Å². The van der Waals surface area contributed by atoms with Gasteiger partial charge in [-0.05, 0) is 6.42 Å². The molecule has 0 amide bonds. The quantitative estimate of drug-likeness (QED) is 0.528. The molecule has 1 N–H and O–H groups in total. The summed E-state index contributed by atoms with van der Waals surface area (Å²) >= 11 is 1.24. The summed E-state index contributed by atoms with van der Waals surface area (Å²) in [6.45, 7) is 0.0824. The second kappa shape index (κ2) is 5.13. The van der Waals surface area contributed by atoms with Gasteiger partial charge < -0.3 is 5.11 Å². The Morgan fingerprint density at radius 1 is 1.40 bits per heavy atom. The molecule has 0 unspecified atom stereocenters. The maximum absolute atomic E-state index is 11.5. The van der Waals surface area contributed by atoms with Crippen LogP contribution in [0.4, 0.5) is 0 Å². The molecule has 0 spiro atoms. The third-order valence-corrected chi connectivity index (χ3v) is 2.86. The summed E-state index contributed by atoms with van der Waals surface area (Å²) in [6, 6.07) is 0. The zero-order valence-electron chi connectivity index (χ0n) is 8.63. The molecule has 1 rings (SSSR count). The van der Waals surface area contributed by atoms with E-state index in [4.69, 9.17) is 5.11 Å².